The van der Waals surface area contributed by atoms with Crippen molar-refractivity contribution in [3.63, 3.8) is 0 Å². The topological polar surface area (TPSA) is 381 Å². The number of nitrogens with zero attached hydrogens (tertiary/aromatic N) is 12. The molecule has 0 saturated heterocycles. The van der Waals surface area contributed by atoms with Crippen molar-refractivity contribution in [1.82, 2.24) is 58.4 Å². The number of aryl methyl sites for hydroxylation is 8. The third kappa shape index (κ3) is 25.6. The fourth-order valence-corrected chi connectivity index (χ4v) is 18.9. The number of carboxylic acid groups (broad SMARTS) is 1. The second-order valence-electron chi connectivity index (χ2n) is 40.3. The average molecular weight is 2050 g/mol. The summed E-state index contributed by atoms with van der Waals surface area (Å²) in [5.74, 6) is 0.974. The van der Waals surface area contributed by atoms with Crippen LogP contribution in [0.4, 0.5) is 0 Å². The number of aliphatic carboxylic acids is 1. The number of carbonyl (C=O) groups excluding carboxylic acids is 3. The molecule has 0 radical (unpaired) electrons. The average Bonchev–Trinajstić information content (AvgIpc) is 1.50. The molecule has 4 unspecified atom stereocenters. The van der Waals surface area contributed by atoms with Crippen LogP contribution in [-0.2, 0) is 78.0 Å². The molecule has 0 amide bonds. The van der Waals surface area contributed by atoms with E-state index in [4.69, 9.17) is 104 Å². The Morgan fingerprint density at radius 3 is 0.873 bits per heavy atom. The molecule has 20 rings (SSSR count). The summed E-state index contributed by atoms with van der Waals surface area (Å²) in [4.78, 5) is 70.5. The smallest absolute Gasteiger partial charge is 0.870 e. The van der Waals surface area contributed by atoms with Gasteiger partial charge in [0.05, 0.1) is 118 Å². The summed E-state index contributed by atoms with van der Waals surface area (Å²) >= 11 is 6.64. The van der Waals surface area contributed by atoms with Gasteiger partial charge in [-0.15, -0.1) is 0 Å². The minimum atomic E-state index is -1.38. The van der Waals surface area contributed by atoms with Gasteiger partial charge in [-0.2, -0.15) is 20.4 Å². The van der Waals surface area contributed by atoms with Gasteiger partial charge in [-0.25, -0.2) is 57.2 Å². The minimum absolute atomic E-state index is 0. The van der Waals surface area contributed by atoms with Crippen molar-refractivity contribution in [3.05, 3.63) is 291 Å². The van der Waals surface area contributed by atoms with Gasteiger partial charge in [0.15, 0.2) is 47.0 Å². The molecule has 12 heterocycles. The summed E-state index contributed by atoms with van der Waals surface area (Å²) < 4.78 is 69.7. The molecule has 4 aliphatic rings. The second kappa shape index (κ2) is 48.3. The quantitative estimate of drug-likeness (QED) is 0.0276. The fourth-order valence-electron chi connectivity index (χ4n) is 18.5. The number of fused-ring (bicyclic) bond motifs is 8. The van der Waals surface area contributed by atoms with Gasteiger partial charge in [0, 0.05) is 78.4 Å². The molecule has 4 atom stereocenters. The molecule has 778 valence electrons. The first-order valence-corrected chi connectivity index (χ1v) is 49.6. The van der Waals surface area contributed by atoms with E-state index in [9.17, 15) is 24.3 Å². The number of hydrogen-bond acceptors (Lipinski definition) is 26. The maximum absolute atomic E-state index is 13.1. The van der Waals surface area contributed by atoms with Crippen molar-refractivity contribution in [3.8, 4) is 101 Å². The van der Waals surface area contributed by atoms with Crippen LogP contribution < -0.4 is 43.3 Å². The molecule has 8 aromatic carbocycles. The predicted octanol–water partition coefficient (Wildman–Crippen LogP) is 18.6. The molecule has 0 fully saturated rings. The molecule has 4 N–H and O–H groups in total. The van der Waals surface area contributed by atoms with Crippen LogP contribution in [0.15, 0.2) is 219 Å². The zero-order valence-electron chi connectivity index (χ0n) is 87.8. The summed E-state index contributed by atoms with van der Waals surface area (Å²) in [6.45, 7) is 33.0. The number of aromatic nitrogens is 12. The van der Waals surface area contributed by atoms with Crippen molar-refractivity contribution >= 4 is 70.6 Å². The molecule has 0 bridgehead atoms. The van der Waals surface area contributed by atoms with Crippen LogP contribution in [0.25, 0.3) is 101 Å². The summed E-state index contributed by atoms with van der Waals surface area (Å²) in [6, 6.07) is 63.4. The summed E-state index contributed by atoms with van der Waals surface area (Å²) in [5.41, 5.74) is 22.5. The molecule has 4 aliphatic heterocycles. The van der Waals surface area contributed by atoms with Crippen LogP contribution in [-0.4, -0.2) is 180 Å². The number of hydrogen-bond donors (Lipinski definition) is 3. The van der Waals surface area contributed by atoms with Crippen LogP contribution in [0.3, 0.4) is 0 Å². The predicted molar refractivity (Wildman–Crippen MR) is 572 cm³/mol. The number of carbonyl (C=O) groups is 4. The van der Waals surface area contributed by atoms with Crippen LogP contribution in [0.1, 0.15) is 208 Å². The van der Waals surface area contributed by atoms with Crippen LogP contribution in [0.5, 0.6) is 23.0 Å². The van der Waals surface area contributed by atoms with Gasteiger partial charge in [0.2, 0.25) is 0 Å². The van der Waals surface area contributed by atoms with Crippen LogP contribution >= 0.6 is 11.6 Å². The van der Waals surface area contributed by atoms with Gasteiger partial charge >= 0.3 is 49.9 Å². The first-order valence-electron chi connectivity index (χ1n) is 49.2. The Morgan fingerprint density at radius 1 is 0.353 bits per heavy atom. The standard InChI is InChI=1S/2C29H31N3O4.C28H29N3O4.C20H22ClN3O3.C9H11BO3.CH4.Li.H2O/c2*1-18-24(26(28(33)34-5)36-29(2,3)4)25(21-13-14-23-20(16-21)12-9-15-35-23)32-27(31-18)22(17-30-32)19-10-7-6-8-11-19;1-17-23(25(27(32)33)35-28(2,3)4)24(20-12-13-22-19(15-20)11-8-14-34-22)31-26(30-17)21(16-29-31)18-9-6-5-7-10-18;1-12-15(16(19(25)26-5)27-20(2,3)4)17(21)24-18(23-12)14(11-22-24)13-9-7-6-8-10-13;11-10(12)8-3-4-9-7(6-8)2-1-5-13-9;;;/h2*6-8,10-11,13-14,16-17,26H,9,12,15H2,1-5H3;5-7,9-10,12-13,15-16,25H,8,11,14H2,1-4H3,(H,32,33);6-11,16H,1-5H3;3-4,6,11-12H,1-2,5H2;1H4;;1H2/q;;;;;;+1;/p-1. The number of methoxy groups -OCH3 is 3. The molecule has 16 aromatic rings. The van der Waals surface area contributed by atoms with Crippen molar-refractivity contribution in [1.29, 1.82) is 0 Å². The van der Waals surface area contributed by atoms with E-state index in [2.05, 4.69) is 28.3 Å². The van der Waals surface area contributed by atoms with Gasteiger partial charge < -0.3 is 72.7 Å². The van der Waals surface area contributed by atoms with Gasteiger partial charge in [-0.1, -0.05) is 152 Å². The maximum atomic E-state index is 13.1. The third-order valence-corrected chi connectivity index (χ3v) is 25.3. The minimum Gasteiger partial charge on any atom is -0.870 e. The number of carboxylic acids is 1. The Kier molecular flexibility index (Phi) is 36.4. The Morgan fingerprint density at radius 2 is 0.600 bits per heavy atom. The normalized spacial score (nSPS) is 13.8. The first-order chi connectivity index (χ1) is 70.3. The molecule has 0 spiro atoms. The second-order valence-corrected chi connectivity index (χ2v) is 40.6. The van der Waals surface area contributed by atoms with Gasteiger partial charge in [0.1, 0.15) is 28.2 Å². The Hall–Kier alpha value is -14.0. The largest absolute Gasteiger partial charge is 1.00 e. The van der Waals surface area contributed by atoms with Gasteiger partial charge in [-0.3, -0.25) is 0 Å². The van der Waals surface area contributed by atoms with E-state index in [-0.39, 0.29) is 36.9 Å². The Balaban J connectivity index is 0.000000160. The molecule has 31 nitrogen and oxygen atoms in total. The Bertz CT molecular complexity index is 7290. The van der Waals surface area contributed by atoms with E-state index >= 15 is 0 Å². The number of esters is 3. The fraction of sp³-hybridized carbons (Fsp3) is 0.345. The maximum Gasteiger partial charge on any atom is 1.00 e. The zero-order valence-corrected chi connectivity index (χ0v) is 88.6. The van der Waals surface area contributed by atoms with Gasteiger partial charge in [-0.05, 0) is 273 Å². The van der Waals surface area contributed by atoms with E-state index in [1.54, 1.807) is 42.0 Å². The van der Waals surface area contributed by atoms with Crippen molar-refractivity contribution in [2.24, 2.45) is 0 Å². The SMILES string of the molecule is C.COC(=O)C(OC(C)(C)C)c1c(C)nc2c(-c3ccccc3)cnn2c1-c1ccc2c(c1)CCCO2.COC(=O)C(OC(C)(C)C)c1c(C)nc2c(-c3ccccc3)cnn2c1-c1ccc2c(c1)CCCO2.COC(=O)C(OC(C)(C)C)c1c(C)nc2c(-c3ccccc3)cnn2c1Cl.Cc1nc2c(-c3ccccc3)cnn2c(-c2ccc3c(c2)CCCO3)c1C(OC(C)(C)C)C(=O)O.OB(O)c1ccc2c(c1)CCCO2.[Li+].[OH-]. The van der Waals surface area contributed by atoms with E-state index in [0.29, 0.717) is 85.4 Å². The summed E-state index contributed by atoms with van der Waals surface area (Å²) in [5, 5.41) is 47.0. The first kappa shape index (κ1) is 113. The van der Waals surface area contributed by atoms with Gasteiger partial charge in [0.25, 0.3) is 0 Å². The number of halogens is 1. The van der Waals surface area contributed by atoms with Crippen LogP contribution in [0, 0.1) is 27.7 Å². The van der Waals surface area contributed by atoms with Crippen molar-refractivity contribution in [2.75, 3.05) is 47.8 Å². The third-order valence-electron chi connectivity index (χ3n) is 25.0. The number of benzene rings is 8. The van der Waals surface area contributed by atoms with E-state index in [0.717, 1.165) is 189 Å². The number of rotatable bonds is 20. The number of ether oxygens (including phenoxy) is 11. The monoisotopic (exact) mass is 2050 g/mol. The molecule has 34 heteroatoms. The zero-order chi connectivity index (χ0) is 105. The van der Waals surface area contributed by atoms with E-state index in [1.165, 1.54) is 25.8 Å². The summed E-state index contributed by atoms with van der Waals surface area (Å²) in [7, 11) is 2.69. The Labute approximate surface area is 890 Å². The molecular weight excluding hydrogens is 1920 g/mol. The van der Waals surface area contributed by atoms with Crippen LogP contribution in [0.2, 0.25) is 5.15 Å². The molecule has 0 aliphatic carbocycles. The van der Waals surface area contributed by atoms with Crippen molar-refractivity contribution < 1.29 is 111 Å². The van der Waals surface area contributed by atoms with E-state index in [1.807, 2.05) is 283 Å². The molecule has 150 heavy (non-hydrogen) atoms. The summed E-state index contributed by atoms with van der Waals surface area (Å²) in [6.07, 6.45) is 10.6. The molecule has 8 aromatic heterocycles. The molecular formula is C116H129BClLiN12O19. The molecule has 0 saturated carbocycles. The van der Waals surface area contributed by atoms with E-state index < -0.39 is 77.8 Å². The van der Waals surface area contributed by atoms with Crippen molar-refractivity contribution in [2.45, 2.75) is 216 Å².